The second kappa shape index (κ2) is 5.60. The quantitative estimate of drug-likeness (QED) is 0.839. The second-order valence-corrected chi connectivity index (χ2v) is 7.14. The summed E-state index contributed by atoms with van der Waals surface area (Å²) < 4.78 is 29.0. The molecular formula is C12H22N4O2S. The Morgan fingerprint density at radius 1 is 1.42 bits per heavy atom. The van der Waals surface area contributed by atoms with E-state index in [2.05, 4.69) is 9.82 Å². The number of sulfonamides is 1. The third-order valence-electron chi connectivity index (χ3n) is 3.62. The molecule has 1 fully saturated rings. The highest BCUT2D eigenvalue weighted by Gasteiger charge is 2.32. The van der Waals surface area contributed by atoms with Crippen molar-refractivity contribution in [1.82, 2.24) is 14.5 Å². The number of nitrogens with one attached hydrogen (secondary N) is 1. The predicted molar refractivity (Wildman–Crippen MR) is 73.1 cm³/mol. The summed E-state index contributed by atoms with van der Waals surface area (Å²) in [5, 5.41) is 4.01. The lowest BCUT2D eigenvalue weighted by atomic mass is 9.84. The first-order valence-electron chi connectivity index (χ1n) is 6.72. The Bertz CT molecular complexity index is 518. The van der Waals surface area contributed by atoms with Crippen molar-refractivity contribution in [2.45, 2.75) is 56.0 Å². The summed E-state index contributed by atoms with van der Waals surface area (Å²) in [4.78, 5) is 0.216. The molecule has 2 rings (SSSR count). The van der Waals surface area contributed by atoms with Crippen LogP contribution in [0.15, 0.2) is 17.3 Å². The fourth-order valence-corrected chi connectivity index (χ4v) is 3.97. The fraction of sp³-hybridized carbons (Fsp3) is 0.750. The van der Waals surface area contributed by atoms with Crippen LogP contribution in [0.2, 0.25) is 0 Å². The molecule has 0 saturated heterocycles. The normalized spacial score (nSPS) is 19.5. The monoisotopic (exact) mass is 286 g/mol. The van der Waals surface area contributed by atoms with Gasteiger partial charge in [0, 0.05) is 18.3 Å². The molecule has 0 bridgehead atoms. The Morgan fingerprint density at radius 3 is 2.74 bits per heavy atom. The van der Waals surface area contributed by atoms with Gasteiger partial charge in [0.2, 0.25) is 10.0 Å². The highest BCUT2D eigenvalue weighted by molar-refractivity contribution is 7.89. The molecule has 6 nitrogen and oxygen atoms in total. The Kier molecular flexibility index (Phi) is 4.27. The molecule has 1 heterocycles. The van der Waals surface area contributed by atoms with Gasteiger partial charge in [0.25, 0.3) is 0 Å². The zero-order valence-electron chi connectivity index (χ0n) is 11.3. The van der Waals surface area contributed by atoms with Gasteiger partial charge < -0.3 is 5.73 Å². The molecule has 0 atom stereocenters. The highest BCUT2D eigenvalue weighted by Crippen LogP contribution is 2.29. The molecule has 0 radical (unpaired) electrons. The van der Waals surface area contributed by atoms with E-state index in [1.165, 1.54) is 18.8 Å². The molecule has 108 valence electrons. The van der Waals surface area contributed by atoms with Crippen LogP contribution >= 0.6 is 0 Å². The number of nitrogens with zero attached hydrogens (tertiary/aromatic N) is 2. The fourth-order valence-electron chi connectivity index (χ4n) is 2.56. The lowest BCUT2D eigenvalue weighted by Crippen LogP contribution is -2.46. The van der Waals surface area contributed by atoms with E-state index in [4.69, 9.17) is 5.73 Å². The summed E-state index contributed by atoms with van der Waals surface area (Å²) in [7, 11) is -3.49. The van der Waals surface area contributed by atoms with Gasteiger partial charge in [-0.2, -0.15) is 5.10 Å². The Morgan fingerprint density at radius 2 is 2.11 bits per heavy atom. The Balaban J connectivity index is 2.12. The van der Waals surface area contributed by atoms with Gasteiger partial charge in [-0.1, -0.05) is 19.3 Å². The van der Waals surface area contributed by atoms with Crippen LogP contribution in [0.5, 0.6) is 0 Å². The van der Waals surface area contributed by atoms with Crippen LogP contribution in [0.4, 0.5) is 0 Å². The summed E-state index contributed by atoms with van der Waals surface area (Å²) in [6.45, 7) is 2.94. The molecule has 1 aromatic heterocycles. The minimum absolute atomic E-state index is 0.216. The topological polar surface area (TPSA) is 90.0 Å². The molecule has 0 aliphatic heterocycles. The predicted octanol–water partition coefficient (Wildman–Crippen LogP) is 0.843. The molecule has 7 heteroatoms. The van der Waals surface area contributed by atoms with Crippen LogP contribution in [-0.4, -0.2) is 30.3 Å². The van der Waals surface area contributed by atoms with Gasteiger partial charge in [0.1, 0.15) is 4.90 Å². The summed E-state index contributed by atoms with van der Waals surface area (Å²) in [5.41, 5.74) is 5.10. The van der Waals surface area contributed by atoms with Crippen molar-refractivity contribution in [3.63, 3.8) is 0 Å². The van der Waals surface area contributed by atoms with Crippen molar-refractivity contribution in [1.29, 1.82) is 0 Å². The molecular weight excluding hydrogens is 264 g/mol. The minimum atomic E-state index is -3.49. The summed E-state index contributed by atoms with van der Waals surface area (Å²) in [6, 6.07) is 0. The van der Waals surface area contributed by atoms with E-state index in [0.717, 1.165) is 25.7 Å². The minimum Gasteiger partial charge on any atom is -0.329 e. The largest absolute Gasteiger partial charge is 0.329 e. The molecule has 0 amide bonds. The van der Waals surface area contributed by atoms with Crippen molar-refractivity contribution in [3.05, 3.63) is 12.4 Å². The van der Waals surface area contributed by atoms with E-state index in [0.29, 0.717) is 13.1 Å². The van der Waals surface area contributed by atoms with Gasteiger partial charge in [-0.25, -0.2) is 13.1 Å². The Labute approximate surface area is 114 Å². The maximum absolute atomic E-state index is 12.3. The van der Waals surface area contributed by atoms with E-state index in [-0.39, 0.29) is 10.4 Å². The van der Waals surface area contributed by atoms with Gasteiger partial charge in [0.15, 0.2) is 0 Å². The van der Waals surface area contributed by atoms with Crippen LogP contribution in [-0.2, 0) is 16.6 Å². The van der Waals surface area contributed by atoms with E-state index in [1.807, 2.05) is 6.92 Å². The number of aromatic nitrogens is 2. The third kappa shape index (κ3) is 3.55. The average Bonchev–Trinajstić information content (AvgIpc) is 2.78. The summed E-state index contributed by atoms with van der Waals surface area (Å²) in [5.74, 6) is 0. The third-order valence-corrected chi connectivity index (χ3v) is 5.21. The first-order valence-corrected chi connectivity index (χ1v) is 8.20. The number of hydrogen-bond donors (Lipinski definition) is 2. The maximum atomic E-state index is 12.3. The number of nitrogens with two attached hydrogens (primary N) is 1. The van der Waals surface area contributed by atoms with Crippen LogP contribution in [0, 0.1) is 0 Å². The van der Waals surface area contributed by atoms with E-state index in [9.17, 15) is 8.42 Å². The average molecular weight is 286 g/mol. The van der Waals surface area contributed by atoms with Gasteiger partial charge in [-0.05, 0) is 19.8 Å². The lowest BCUT2D eigenvalue weighted by Gasteiger charge is -2.33. The molecule has 3 N–H and O–H groups in total. The molecule has 1 aliphatic carbocycles. The standard InChI is InChI=1S/C12H22N4O2S/c1-12(5-3-2-4-6-12)15-19(17,18)11-9-14-16(10-11)8-7-13/h9-10,15H,2-8,13H2,1H3. The van der Waals surface area contributed by atoms with E-state index >= 15 is 0 Å². The van der Waals surface area contributed by atoms with Crippen LogP contribution < -0.4 is 10.5 Å². The van der Waals surface area contributed by atoms with Crippen molar-refractivity contribution in [2.24, 2.45) is 5.73 Å². The molecule has 1 aromatic rings. The first-order chi connectivity index (χ1) is 8.95. The molecule has 1 saturated carbocycles. The zero-order valence-corrected chi connectivity index (χ0v) is 12.1. The molecule has 0 unspecified atom stereocenters. The van der Waals surface area contributed by atoms with Gasteiger partial charge >= 0.3 is 0 Å². The molecule has 0 aromatic carbocycles. The smallest absolute Gasteiger partial charge is 0.244 e. The SMILES string of the molecule is CC1(NS(=O)(=O)c2cnn(CCN)c2)CCCCC1. The Hall–Kier alpha value is -0.920. The van der Waals surface area contributed by atoms with E-state index in [1.54, 1.807) is 4.68 Å². The van der Waals surface area contributed by atoms with Crippen LogP contribution in [0.3, 0.4) is 0 Å². The highest BCUT2D eigenvalue weighted by atomic mass is 32.2. The first kappa shape index (κ1) is 14.5. The molecule has 1 aliphatic rings. The maximum Gasteiger partial charge on any atom is 0.244 e. The van der Waals surface area contributed by atoms with E-state index < -0.39 is 10.0 Å². The molecule has 0 spiro atoms. The van der Waals surface area contributed by atoms with Crippen LogP contribution in [0.1, 0.15) is 39.0 Å². The van der Waals surface area contributed by atoms with Crippen molar-refractivity contribution in [3.8, 4) is 0 Å². The van der Waals surface area contributed by atoms with Gasteiger partial charge in [0.05, 0.1) is 12.7 Å². The van der Waals surface area contributed by atoms with Crippen molar-refractivity contribution < 1.29 is 8.42 Å². The van der Waals surface area contributed by atoms with Gasteiger partial charge in [-0.3, -0.25) is 4.68 Å². The lowest BCUT2D eigenvalue weighted by molar-refractivity contribution is 0.294. The van der Waals surface area contributed by atoms with Crippen LogP contribution in [0.25, 0.3) is 0 Å². The zero-order chi connectivity index (χ0) is 13.9. The number of rotatable bonds is 5. The van der Waals surface area contributed by atoms with Crippen molar-refractivity contribution in [2.75, 3.05) is 6.54 Å². The van der Waals surface area contributed by atoms with Crippen molar-refractivity contribution >= 4 is 10.0 Å². The summed E-state index contributed by atoms with van der Waals surface area (Å²) >= 11 is 0. The number of hydrogen-bond acceptors (Lipinski definition) is 4. The molecule has 19 heavy (non-hydrogen) atoms. The van der Waals surface area contributed by atoms with Gasteiger partial charge in [-0.15, -0.1) is 0 Å². The second-order valence-electron chi connectivity index (χ2n) is 5.45. The summed E-state index contributed by atoms with van der Waals surface area (Å²) in [6.07, 6.45) is 8.03.